The maximum Gasteiger partial charge on any atom is 0.355 e. The second kappa shape index (κ2) is 14.2. The molecule has 4 N–H and O–H groups in total. The number of aromatic nitrogens is 2. The highest BCUT2D eigenvalue weighted by Crippen LogP contribution is 2.37. The van der Waals surface area contributed by atoms with Crippen LogP contribution in [0.1, 0.15) is 85.5 Å². The first-order valence-corrected chi connectivity index (χ1v) is 17.3. The molecule has 0 bridgehead atoms. The van der Waals surface area contributed by atoms with Crippen LogP contribution in [0.25, 0.3) is 32.9 Å². The summed E-state index contributed by atoms with van der Waals surface area (Å²) in [7, 11) is -3.78. The van der Waals surface area contributed by atoms with E-state index < -0.39 is 16.0 Å². The smallest absolute Gasteiger partial charge is 0.355 e. The van der Waals surface area contributed by atoms with Gasteiger partial charge in [-0.2, -0.15) is 0 Å². The molecule has 238 valence electrons. The summed E-state index contributed by atoms with van der Waals surface area (Å²) in [5.74, 6) is -0.0556. The second-order valence-electron chi connectivity index (χ2n) is 11.0. The van der Waals surface area contributed by atoms with Crippen LogP contribution in [-0.2, 0) is 19.5 Å². The van der Waals surface area contributed by atoms with Crippen LogP contribution in [0.4, 0.5) is 0 Å². The highest BCUT2D eigenvalue weighted by Gasteiger charge is 2.23. The number of halogens is 1. The molecule has 11 heteroatoms. The number of sulfonamides is 1. The number of carbonyl (C=O) groups excluding carboxylic acids is 2. The number of aromatic amines is 2. The van der Waals surface area contributed by atoms with E-state index in [1.807, 2.05) is 37.3 Å². The van der Waals surface area contributed by atoms with Gasteiger partial charge in [0.05, 0.1) is 32.7 Å². The molecule has 0 fully saturated rings. The van der Waals surface area contributed by atoms with Gasteiger partial charge in [0.15, 0.2) is 0 Å². The summed E-state index contributed by atoms with van der Waals surface area (Å²) in [6.07, 6.45) is 0. The lowest BCUT2D eigenvalue weighted by Gasteiger charge is -2.07. The third kappa shape index (κ3) is 7.26. The van der Waals surface area contributed by atoms with E-state index in [-0.39, 0.29) is 23.4 Å². The van der Waals surface area contributed by atoms with E-state index in [1.54, 1.807) is 19.1 Å². The number of hydrogen-bond donors (Lipinski definition) is 3. The van der Waals surface area contributed by atoms with Crippen molar-refractivity contribution in [3.63, 3.8) is 0 Å². The lowest BCUT2D eigenvalue weighted by atomic mass is 9.97. The molecule has 0 saturated heterocycles. The molecule has 0 amide bonds. The molecule has 9 nitrogen and oxygen atoms in total. The van der Waals surface area contributed by atoms with Crippen LogP contribution in [0.3, 0.4) is 0 Å². The highest BCUT2D eigenvalue weighted by molar-refractivity contribution is 14.1. The molecular formula is C34H38IN3O6S. The van der Waals surface area contributed by atoms with Crippen molar-refractivity contribution in [2.24, 2.45) is 5.14 Å². The Balaban J connectivity index is 0.000000222. The third-order valence-electron chi connectivity index (χ3n) is 7.34. The average Bonchev–Trinajstić information content (AvgIpc) is 3.55. The molecule has 0 radical (unpaired) electrons. The topological polar surface area (TPSA) is 144 Å². The van der Waals surface area contributed by atoms with Gasteiger partial charge in [0.25, 0.3) is 0 Å². The van der Waals surface area contributed by atoms with Gasteiger partial charge in [0.1, 0.15) is 11.4 Å². The van der Waals surface area contributed by atoms with Gasteiger partial charge in [-0.05, 0) is 77.1 Å². The number of benzene rings is 3. The van der Waals surface area contributed by atoms with Gasteiger partial charge in [0, 0.05) is 16.3 Å². The number of primary sulfonamides is 1. The molecule has 5 rings (SSSR count). The van der Waals surface area contributed by atoms with Gasteiger partial charge in [0.2, 0.25) is 10.0 Å². The van der Waals surface area contributed by atoms with Crippen molar-refractivity contribution < 1.29 is 27.5 Å². The zero-order chi connectivity index (χ0) is 33.1. The van der Waals surface area contributed by atoms with Crippen molar-refractivity contribution in [3.05, 3.63) is 86.7 Å². The van der Waals surface area contributed by atoms with E-state index >= 15 is 0 Å². The quantitative estimate of drug-likeness (QED) is 0.109. The van der Waals surface area contributed by atoms with Crippen LogP contribution >= 0.6 is 22.6 Å². The van der Waals surface area contributed by atoms with Crippen LogP contribution in [-0.4, -0.2) is 43.5 Å². The second-order valence-corrected chi connectivity index (χ2v) is 13.7. The first-order valence-electron chi connectivity index (χ1n) is 14.7. The molecule has 2 aromatic heterocycles. The maximum atomic E-state index is 12.5. The van der Waals surface area contributed by atoms with Crippen molar-refractivity contribution in [1.29, 1.82) is 0 Å². The van der Waals surface area contributed by atoms with Crippen LogP contribution in [0.15, 0.2) is 65.6 Å². The van der Waals surface area contributed by atoms with E-state index in [0.717, 1.165) is 30.9 Å². The highest BCUT2D eigenvalue weighted by atomic mass is 127. The fraction of sp³-hybridized carbons (Fsp3) is 0.294. The molecule has 0 aliphatic rings. The Labute approximate surface area is 277 Å². The number of nitrogens with two attached hydrogens (primary N) is 1. The zero-order valence-electron chi connectivity index (χ0n) is 26.2. The summed E-state index contributed by atoms with van der Waals surface area (Å²) in [4.78, 5) is 30.9. The Morgan fingerprint density at radius 2 is 1.22 bits per heavy atom. The van der Waals surface area contributed by atoms with Crippen molar-refractivity contribution >= 4 is 66.4 Å². The largest absolute Gasteiger partial charge is 0.461 e. The molecule has 0 unspecified atom stereocenters. The number of H-pyrrole nitrogens is 2. The van der Waals surface area contributed by atoms with Gasteiger partial charge in [-0.3, -0.25) is 0 Å². The minimum absolute atomic E-state index is 0.0200. The van der Waals surface area contributed by atoms with Crippen LogP contribution in [0.2, 0.25) is 0 Å². The van der Waals surface area contributed by atoms with Crippen molar-refractivity contribution in [2.75, 3.05) is 13.2 Å². The van der Waals surface area contributed by atoms with Gasteiger partial charge in [-0.15, -0.1) is 0 Å². The fourth-order valence-electron chi connectivity index (χ4n) is 5.22. The summed E-state index contributed by atoms with van der Waals surface area (Å²) >= 11 is 2.20. The molecule has 0 aliphatic heterocycles. The minimum Gasteiger partial charge on any atom is -0.461 e. The number of esters is 2. The number of hydrogen-bond acceptors (Lipinski definition) is 6. The summed E-state index contributed by atoms with van der Waals surface area (Å²) in [5, 5.41) is 7.15. The van der Waals surface area contributed by atoms with E-state index in [9.17, 15) is 18.0 Å². The van der Waals surface area contributed by atoms with Crippen LogP contribution < -0.4 is 5.14 Å². The molecule has 0 aliphatic carbocycles. The fourth-order valence-corrected chi connectivity index (χ4v) is 6.54. The van der Waals surface area contributed by atoms with Crippen molar-refractivity contribution in [2.45, 2.75) is 58.3 Å². The lowest BCUT2D eigenvalue weighted by Crippen LogP contribution is -2.11. The predicted molar refractivity (Wildman–Crippen MR) is 186 cm³/mol. The van der Waals surface area contributed by atoms with E-state index in [0.29, 0.717) is 35.0 Å². The number of fused-ring (bicyclic) bond motifs is 2. The number of para-hydroxylation sites is 2. The van der Waals surface area contributed by atoms with E-state index in [2.05, 4.69) is 66.3 Å². The number of carbonyl (C=O) groups is 2. The Bertz CT molecular complexity index is 1960. The molecular weight excluding hydrogens is 705 g/mol. The number of rotatable bonds is 8. The third-order valence-corrected chi connectivity index (χ3v) is 9.39. The number of ether oxygens (including phenoxy) is 2. The van der Waals surface area contributed by atoms with Crippen LogP contribution in [0, 0.1) is 3.57 Å². The number of nitrogens with one attached hydrogen (secondary N) is 2. The predicted octanol–water partition coefficient (Wildman–Crippen LogP) is 7.86. The Morgan fingerprint density at radius 1 is 0.756 bits per heavy atom. The van der Waals surface area contributed by atoms with E-state index in [1.165, 1.54) is 17.7 Å². The lowest BCUT2D eigenvalue weighted by molar-refractivity contribution is 0.0511. The Morgan fingerprint density at radius 3 is 1.71 bits per heavy atom. The molecule has 3 aromatic carbocycles. The molecule has 45 heavy (non-hydrogen) atoms. The van der Waals surface area contributed by atoms with Gasteiger partial charge < -0.3 is 19.4 Å². The molecule has 5 aromatic rings. The van der Waals surface area contributed by atoms with E-state index in [4.69, 9.17) is 14.6 Å². The molecule has 0 atom stereocenters. The molecule has 0 spiro atoms. The summed E-state index contributed by atoms with van der Waals surface area (Å²) < 4.78 is 34.3. The zero-order valence-corrected chi connectivity index (χ0v) is 29.1. The van der Waals surface area contributed by atoms with Crippen molar-refractivity contribution in [1.82, 2.24) is 9.97 Å². The Hall–Kier alpha value is -3.68. The normalized spacial score (nSPS) is 11.6. The minimum atomic E-state index is -3.78. The van der Waals surface area contributed by atoms with Crippen molar-refractivity contribution in [3.8, 4) is 11.1 Å². The molecule has 2 heterocycles. The van der Waals surface area contributed by atoms with Gasteiger partial charge >= 0.3 is 11.9 Å². The SMILES string of the molecule is CCOC(=O)c1[nH]c2c(C(C)C)cccc2c1-c1ccc(S(N)(=O)=O)cc1.CCOC(=O)c1[nH]c2c(C(C)C)cccc2c1I. The first-order chi connectivity index (χ1) is 21.3. The summed E-state index contributed by atoms with van der Waals surface area (Å²) in [6, 6.07) is 18.2. The summed E-state index contributed by atoms with van der Waals surface area (Å²) in [5.41, 5.74) is 6.53. The Kier molecular flexibility index (Phi) is 10.8. The standard InChI is InChI=1S/C20H22N2O4S.C14H16INO2/c1-4-26-20(23)19-17(13-8-10-14(11-9-13)27(21,24)25)16-7-5-6-15(12(2)3)18(16)22-19;1-4-18-14(17)13-11(15)10-7-5-6-9(8(2)3)12(10)16-13/h5-12,22H,4H2,1-3H3,(H2,21,24,25);5-8,16H,4H2,1-3H3. The first kappa shape index (κ1) is 34.2. The summed E-state index contributed by atoms with van der Waals surface area (Å²) in [6.45, 7) is 12.7. The monoisotopic (exact) mass is 743 g/mol. The molecule has 0 saturated carbocycles. The van der Waals surface area contributed by atoms with Gasteiger partial charge in [-0.25, -0.2) is 23.1 Å². The van der Waals surface area contributed by atoms with Gasteiger partial charge in [-0.1, -0.05) is 76.2 Å². The van der Waals surface area contributed by atoms with Crippen LogP contribution in [0.5, 0.6) is 0 Å². The maximum absolute atomic E-state index is 12.5. The average molecular weight is 744 g/mol.